The molecule has 1 aliphatic rings. The van der Waals surface area contributed by atoms with E-state index in [1.165, 1.54) is 7.11 Å². The van der Waals surface area contributed by atoms with Crippen LogP contribution in [0.3, 0.4) is 0 Å². The van der Waals surface area contributed by atoms with E-state index in [2.05, 4.69) is 18.7 Å². The van der Waals surface area contributed by atoms with Crippen molar-refractivity contribution in [1.29, 1.82) is 0 Å². The number of likely N-dealkylation sites (tertiary alicyclic amines) is 1. The lowest BCUT2D eigenvalue weighted by atomic mass is 10.00. The fraction of sp³-hybridized carbons (Fsp3) is 0.600. The molecule has 2 N–H and O–H groups in total. The van der Waals surface area contributed by atoms with E-state index in [-0.39, 0.29) is 23.7 Å². The van der Waals surface area contributed by atoms with Gasteiger partial charge in [0, 0.05) is 19.1 Å². The standard InChI is InChI=1S/C15H23FN2O/c1-10(2)9-18-7-6-13(17)15(18)11-4-5-14(19-3)12(16)8-11/h4-5,8,10,13,15H,6-7,9,17H2,1-3H3. The van der Waals surface area contributed by atoms with Crippen molar-refractivity contribution in [1.82, 2.24) is 4.90 Å². The van der Waals surface area contributed by atoms with E-state index >= 15 is 0 Å². The van der Waals surface area contributed by atoms with Gasteiger partial charge < -0.3 is 10.5 Å². The highest BCUT2D eigenvalue weighted by atomic mass is 19.1. The quantitative estimate of drug-likeness (QED) is 0.910. The molecule has 0 saturated carbocycles. The number of methoxy groups -OCH3 is 1. The number of ether oxygens (including phenoxy) is 1. The number of hydrogen-bond donors (Lipinski definition) is 1. The van der Waals surface area contributed by atoms with Gasteiger partial charge in [-0.25, -0.2) is 4.39 Å². The van der Waals surface area contributed by atoms with Crippen molar-refractivity contribution in [3.8, 4) is 5.75 Å². The van der Waals surface area contributed by atoms with Gasteiger partial charge in [0.2, 0.25) is 0 Å². The number of benzene rings is 1. The van der Waals surface area contributed by atoms with Crippen LogP contribution in [0.5, 0.6) is 5.75 Å². The summed E-state index contributed by atoms with van der Waals surface area (Å²) in [4.78, 5) is 2.36. The van der Waals surface area contributed by atoms with E-state index in [0.29, 0.717) is 5.92 Å². The number of nitrogens with zero attached hydrogens (tertiary/aromatic N) is 1. The van der Waals surface area contributed by atoms with Gasteiger partial charge >= 0.3 is 0 Å². The molecule has 0 spiro atoms. The molecule has 2 rings (SSSR count). The molecule has 4 heteroatoms. The Bertz CT molecular complexity index is 436. The van der Waals surface area contributed by atoms with Crippen LogP contribution in [0.15, 0.2) is 18.2 Å². The zero-order valence-corrected chi connectivity index (χ0v) is 11.9. The molecule has 0 aromatic heterocycles. The highest BCUT2D eigenvalue weighted by Gasteiger charge is 2.33. The van der Waals surface area contributed by atoms with Crippen LogP contribution in [-0.2, 0) is 0 Å². The van der Waals surface area contributed by atoms with E-state index in [1.807, 2.05) is 6.07 Å². The second-order valence-corrected chi connectivity index (χ2v) is 5.68. The fourth-order valence-electron chi connectivity index (χ4n) is 2.88. The molecule has 0 amide bonds. The smallest absolute Gasteiger partial charge is 0.165 e. The summed E-state index contributed by atoms with van der Waals surface area (Å²) >= 11 is 0. The van der Waals surface area contributed by atoms with Crippen LogP contribution in [0.2, 0.25) is 0 Å². The summed E-state index contributed by atoms with van der Waals surface area (Å²) in [7, 11) is 1.48. The lowest BCUT2D eigenvalue weighted by molar-refractivity contribution is 0.220. The molecule has 0 radical (unpaired) electrons. The SMILES string of the molecule is COc1ccc(C2C(N)CCN2CC(C)C)cc1F. The second kappa shape index (κ2) is 5.88. The van der Waals surface area contributed by atoms with Crippen molar-refractivity contribution in [2.45, 2.75) is 32.4 Å². The first-order valence-electron chi connectivity index (χ1n) is 6.86. The Hall–Kier alpha value is -1.13. The van der Waals surface area contributed by atoms with Crippen molar-refractivity contribution in [3.63, 3.8) is 0 Å². The van der Waals surface area contributed by atoms with Gasteiger partial charge in [-0.1, -0.05) is 19.9 Å². The largest absolute Gasteiger partial charge is 0.494 e. The second-order valence-electron chi connectivity index (χ2n) is 5.68. The van der Waals surface area contributed by atoms with Crippen molar-refractivity contribution in [2.75, 3.05) is 20.2 Å². The molecule has 3 nitrogen and oxygen atoms in total. The van der Waals surface area contributed by atoms with E-state index in [4.69, 9.17) is 10.5 Å². The molecule has 0 aliphatic carbocycles. The molecule has 1 heterocycles. The average Bonchev–Trinajstić information content (AvgIpc) is 2.69. The zero-order valence-electron chi connectivity index (χ0n) is 11.9. The molecule has 1 aliphatic heterocycles. The molecule has 19 heavy (non-hydrogen) atoms. The summed E-state index contributed by atoms with van der Waals surface area (Å²) in [5.74, 6) is 0.547. The number of hydrogen-bond acceptors (Lipinski definition) is 3. The third kappa shape index (κ3) is 3.07. The van der Waals surface area contributed by atoms with Crippen LogP contribution < -0.4 is 10.5 Å². The van der Waals surface area contributed by atoms with Gasteiger partial charge in [-0.05, 0) is 30.0 Å². The number of rotatable bonds is 4. The maximum atomic E-state index is 13.8. The van der Waals surface area contributed by atoms with Crippen LogP contribution in [0, 0.1) is 11.7 Å². The molecule has 1 aromatic carbocycles. The first kappa shape index (κ1) is 14.3. The van der Waals surface area contributed by atoms with Crippen molar-refractivity contribution in [2.24, 2.45) is 11.7 Å². The molecule has 1 saturated heterocycles. The monoisotopic (exact) mass is 266 g/mol. The minimum Gasteiger partial charge on any atom is -0.494 e. The predicted molar refractivity (Wildman–Crippen MR) is 74.7 cm³/mol. The van der Waals surface area contributed by atoms with Crippen molar-refractivity contribution in [3.05, 3.63) is 29.6 Å². The molecular weight excluding hydrogens is 243 g/mol. The van der Waals surface area contributed by atoms with Crippen LogP contribution in [0.4, 0.5) is 4.39 Å². The Morgan fingerprint density at radius 1 is 1.47 bits per heavy atom. The van der Waals surface area contributed by atoms with Crippen molar-refractivity contribution >= 4 is 0 Å². The average molecular weight is 266 g/mol. The third-order valence-electron chi connectivity index (χ3n) is 3.67. The Morgan fingerprint density at radius 3 is 2.79 bits per heavy atom. The molecular formula is C15H23FN2O. The molecule has 2 unspecified atom stereocenters. The summed E-state index contributed by atoms with van der Waals surface area (Å²) in [6.45, 7) is 6.36. The van der Waals surface area contributed by atoms with E-state index in [0.717, 1.165) is 25.1 Å². The third-order valence-corrected chi connectivity index (χ3v) is 3.67. The van der Waals surface area contributed by atoms with Crippen LogP contribution in [-0.4, -0.2) is 31.1 Å². The molecule has 1 aromatic rings. The summed E-state index contributed by atoms with van der Waals surface area (Å²) in [5, 5.41) is 0. The van der Waals surface area contributed by atoms with E-state index in [9.17, 15) is 4.39 Å². The van der Waals surface area contributed by atoms with Gasteiger partial charge in [-0.3, -0.25) is 4.90 Å². The van der Waals surface area contributed by atoms with Gasteiger partial charge in [0.05, 0.1) is 13.2 Å². The Morgan fingerprint density at radius 2 is 2.21 bits per heavy atom. The predicted octanol–water partition coefficient (Wildman–Crippen LogP) is 2.56. The Labute approximate surface area is 114 Å². The Kier molecular flexibility index (Phi) is 4.42. The first-order chi connectivity index (χ1) is 9.02. The lowest BCUT2D eigenvalue weighted by Crippen LogP contribution is -2.34. The Balaban J connectivity index is 2.24. The molecule has 2 atom stereocenters. The van der Waals surface area contributed by atoms with E-state index in [1.54, 1.807) is 12.1 Å². The highest BCUT2D eigenvalue weighted by Crippen LogP contribution is 2.33. The number of nitrogens with two attached hydrogens (primary N) is 1. The topological polar surface area (TPSA) is 38.5 Å². The minimum atomic E-state index is -0.316. The van der Waals surface area contributed by atoms with Gasteiger partial charge in [-0.2, -0.15) is 0 Å². The van der Waals surface area contributed by atoms with Gasteiger partial charge in [-0.15, -0.1) is 0 Å². The number of halogens is 1. The lowest BCUT2D eigenvalue weighted by Gasteiger charge is -2.28. The highest BCUT2D eigenvalue weighted by molar-refractivity contribution is 5.32. The van der Waals surface area contributed by atoms with Crippen LogP contribution in [0.1, 0.15) is 31.9 Å². The molecule has 106 valence electrons. The van der Waals surface area contributed by atoms with Gasteiger partial charge in [0.15, 0.2) is 11.6 Å². The maximum Gasteiger partial charge on any atom is 0.165 e. The summed E-state index contributed by atoms with van der Waals surface area (Å²) < 4.78 is 18.8. The van der Waals surface area contributed by atoms with Gasteiger partial charge in [0.1, 0.15) is 0 Å². The zero-order chi connectivity index (χ0) is 14.0. The molecule has 0 bridgehead atoms. The van der Waals surface area contributed by atoms with E-state index < -0.39 is 0 Å². The fourth-order valence-corrected chi connectivity index (χ4v) is 2.88. The normalized spacial score (nSPS) is 24.1. The van der Waals surface area contributed by atoms with Crippen LogP contribution in [0.25, 0.3) is 0 Å². The molecule has 1 fully saturated rings. The van der Waals surface area contributed by atoms with Gasteiger partial charge in [0.25, 0.3) is 0 Å². The summed E-state index contributed by atoms with van der Waals surface area (Å²) in [6.07, 6.45) is 0.963. The minimum absolute atomic E-state index is 0.0755. The van der Waals surface area contributed by atoms with Crippen molar-refractivity contribution < 1.29 is 9.13 Å². The summed E-state index contributed by atoms with van der Waals surface area (Å²) in [6, 6.07) is 5.35. The first-order valence-corrected chi connectivity index (χ1v) is 6.86. The summed E-state index contributed by atoms with van der Waals surface area (Å²) in [5.41, 5.74) is 7.15. The van der Waals surface area contributed by atoms with Crippen LogP contribution >= 0.6 is 0 Å². The maximum absolute atomic E-state index is 13.8.